The number of thioether (sulfide) groups is 1. The molecule has 0 fully saturated rings. The number of carbonyl (C=O) groups is 1. The number of hydrogen-bond donors (Lipinski definition) is 0. The summed E-state index contributed by atoms with van der Waals surface area (Å²) in [6.45, 7) is -0.311. The molecule has 0 amide bonds. The molecule has 23 heavy (non-hydrogen) atoms. The van der Waals surface area contributed by atoms with Crippen molar-refractivity contribution in [3.8, 4) is 10.6 Å². The summed E-state index contributed by atoms with van der Waals surface area (Å²) in [4.78, 5) is 32.1. The van der Waals surface area contributed by atoms with E-state index in [4.69, 9.17) is 0 Å². The summed E-state index contributed by atoms with van der Waals surface area (Å²) in [5, 5.41) is 11.5. The lowest BCUT2D eigenvalue weighted by atomic mass is 10.0. The zero-order chi connectivity index (χ0) is 16.8. The van der Waals surface area contributed by atoms with Gasteiger partial charge in [-0.2, -0.15) is 0 Å². The Bertz CT molecular complexity index is 705. The van der Waals surface area contributed by atoms with E-state index in [9.17, 15) is 14.9 Å². The van der Waals surface area contributed by atoms with Gasteiger partial charge in [-0.25, -0.2) is 9.97 Å². The molecule has 1 atom stereocenters. The molecular weight excluding hydrogens is 338 g/mol. The van der Waals surface area contributed by atoms with Gasteiger partial charge in [-0.15, -0.1) is 11.3 Å². The van der Waals surface area contributed by atoms with Crippen molar-refractivity contribution in [2.24, 2.45) is 0 Å². The third-order valence-corrected chi connectivity index (χ3v) is 4.94. The number of nitro groups is 1. The molecule has 0 aliphatic heterocycles. The maximum absolute atomic E-state index is 11.5. The molecule has 0 aromatic carbocycles. The molecule has 0 aliphatic rings. The van der Waals surface area contributed by atoms with Crippen molar-refractivity contribution in [1.29, 1.82) is 0 Å². The summed E-state index contributed by atoms with van der Waals surface area (Å²) in [7, 11) is 1.27. The molecule has 2 rings (SSSR count). The Morgan fingerprint density at radius 1 is 1.48 bits per heavy atom. The predicted octanol–water partition coefficient (Wildman–Crippen LogP) is 2.85. The number of nitrogens with zero attached hydrogens (tertiary/aromatic N) is 3. The minimum absolute atomic E-state index is 0.0166. The fraction of sp³-hybridized carbons (Fsp3) is 0.357. The average Bonchev–Trinajstić information content (AvgIpc) is 3.03. The third-order valence-electron chi connectivity index (χ3n) is 3.11. The highest BCUT2D eigenvalue weighted by molar-refractivity contribution is 7.98. The van der Waals surface area contributed by atoms with Crippen LogP contribution >= 0.6 is 23.1 Å². The molecule has 1 unspecified atom stereocenters. The van der Waals surface area contributed by atoms with E-state index in [1.165, 1.54) is 30.2 Å². The first-order valence-electron chi connectivity index (χ1n) is 6.69. The lowest BCUT2D eigenvalue weighted by Crippen LogP contribution is -2.16. The maximum atomic E-state index is 11.5. The largest absolute Gasteiger partial charge is 0.469 e. The van der Waals surface area contributed by atoms with Gasteiger partial charge in [0.15, 0.2) is 5.16 Å². The second kappa shape index (κ2) is 8.02. The van der Waals surface area contributed by atoms with Gasteiger partial charge in [0.25, 0.3) is 0 Å². The lowest BCUT2D eigenvalue weighted by Gasteiger charge is -2.09. The summed E-state index contributed by atoms with van der Waals surface area (Å²) in [5.74, 6) is -0.962. The minimum Gasteiger partial charge on any atom is -0.469 e. The molecule has 122 valence electrons. The van der Waals surface area contributed by atoms with Crippen LogP contribution in [0, 0.1) is 10.1 Å². The highest BCUT2D eigenvalue weighted by Crippen LogP contribution is 2.33. The van der Waals surface area contributed by atoms with Crippen LogP contribution in [0.25, 0.3) is 10.6 Å². The maximum Gasteiger partial charge on any atom is 0.306 e. The number of hydrogen-bond acceptors (Lipinski definition) is 8. The van der Waals surface area contributed by atoms with Crippen molar-refractivity contribution in [3.05, 3.63) is 39.4 Å². The van der Waals surface area contributed by atoms with Crippen LogP contribution in [-0.2, 0) is 9.53 Å². The normalized spacial score (nSPS) is 11.9. The van der Waals surface area contributed by atoms with Crippen LogP contribution in [-0.4, -0.2) is 40.8 Å². The molecular formula is C14H15N3O4S2. The summed E-state index contributed by atoms with van der Waals surface area (Å²) in [6.07, 6.45) is 3.55. The van der Waals surface area contributed by atoms with Crippen molar-refractivity contribution in [2.45, 2.75) is 17.5 Å². The SMILES string of the molecule is COC(=O)CC(C[N+](=O)[O-])c1ccc(-c2ccnc(SC)n2)s1. The Balaban J connectivity index is 2.26. The van der Waals surface area contributed by atoms with Gasteiger partial charge in [0.2, 0.25) is 6.54 Å². The van der Waals surface area contributed by atoms with Crippen LogP contribution in [0.1, 0.15) is 17.2 Å². The summed E-state index contributed by atoms with van der Waals surface area (Å²) in [6, 6.07) is 5.45. The zero-order valence-electron chi connectivity index (χ0n) is 12.6. The van der Waals surface area contributed by atoms with E-state index in [1.54, 1.807) is 18.3 Å². The van der Waals surface area contributed by atoms with Gasteiger partial charge in [-0.05, 0) is 24.5 Å². The number of aromatic nitrogens is 2. The Morgan fingerprint density at radius 2 is 2.26 bits per heavy atom. The number of rotatable bonds is 7. The van der Waals surface area contributed by atoms with Gasteiger partial charge in [0.05, 0.1) is 30.0 Å². The average molecular weight is 353 g/mol. The number of esters is 1. The standard InChI is InChI=1S/C14H15N3O4S2/c1-21-13(18)7-9(8-17(19)20)11-3-4-12(23-11)10-5-6-15-14(16-10)22-2/h3-6,9H,7-8H2,1-2H3. The van der Waals surface area contributed by atoms with E-state index in [0.29, 0.717) is 5.16 Å². The van der Waals surface area contributed by atoms with Gasteiger partial charge in [-0.1, -0.05) is 11.8 Å². The topological polar surface area (TPSA) is 95.2 Å². The third kappa shape index (κ3) is 4.73. The molecule has 7 nitrogen and oxygen atoms in total. The van der Waals surface area contributed by atoms with E-state index in [1.807, 2.05) is 12.3 Å². The Hall–Kier alpha value is -2.00. The van der Waals surface area contributed by atoms with E-state index >= 15 is 0 Å². The summed E-state index contributed by atoms with van der Waals surface area (Å²) in [5.41, 5.74) is 0.763. The fourth-order valence-corrected chi connectivity index (χ4v) is 3.43. The van der Waals surface area contributed by atoms with Crippen LogP contribution in [0.5, 0.6) is 0 Å². The van der Waals surface area contributed by atoms with Crippen molar-refractivity contribution in [2.75, 3.05) is 19.9 Å². The Morgan fingerprint density at radius 3 is 2.91 bits per heavy atom. The Labute approximate surface area is 141 Å². The highest BCUT2D eigenvalue weighted by Gasteiger charge is 2.24. The first kappa shape index (κ1) is 17.4. The molecule has 0 aliphatic carbocycles. The first-order valence-corrected chi connectivity index (χ1v) is 8.73. The van der Waals surface area contributed by atoms with E-state index < -0.39 is 16.8 Å². The number of thiophene rings is 1. The van der Waals surface area contributed by atoms with Crippen LogP contribution in [0.2, 0.25) is 0 Å². The molecule has 9 heteroatoms. The summed E-state index contributed by atoms with van der Waals surface area (Å²) >= 11 is 2.84. The Kier molecular flexibility index (Phi) is 6.05. The lowest BCUT2D eigenvalue weighted by molar-refractivity contribution is -0.483. The van der Waals surface area contributed by atoms with Crippen molar-refractivity contribution in [1.82, 2.24) is 9.97 Å². The molecule has 0 saturated heterocycles. The number of ether oxygens (including phenoxy) is 1. The molecule has 0 saturated carbocycles. The van der Waals surface area contributed by atoms with Gasteiger partial charge in [0, 0.05) is 16.0 Å². The molecule has 0 N–H and O–H groups in total. The first-order chi connectivity index (χ1) is 11.0. The minimum atomic E-state index is -0.502. The molecule has 2 aromatic heterocycles. The van der Waals surface area contributed by atoms with Gasteiger partial charge in [0.1, 0.15) is 0 Å². The van der Waals surface area contributed by atoms with Crippen molar-refractivity contribution < 1.29 is 14.5 Å². The van der Waals surface area contributed by atoms with E-state index in [-0.39, 0.29) is 13.0 Å². The monoisotopic (exact) mass is 353 g/mol. The quantitative estimate of drug-likeness (QED) is 0.248. The van der Waals surface area contributed by atoms with Crippen molar-refractivity contribution in [3.63, 3.8) is 0 Å². The van der Waals surface area contributed by atoms with Crippen LogP contribution in [0.15, 0.2) is 29.6 Å². The number of carbonyl (C=O) groups excluding carboxylic acids is 1. The number of methoxy groups -OCH3 is 1. The predicted molar refractivity (Wildman–Crippen MR) is 88.4 cm³/mol. The van der Waals surface area contributed by atoms with E-state index in [2.05, 4.69) is 14.7 Å². The van der Waals surface area contributed by atoms with Crippen LogP contribution in [0.3, 0.4) is 0 Å². The van der Waals surface area contributed by atoms with Gasteiger partial charge < -0.3 is 4.74 Å². The van der Waals surface area contributed by atoms with Gasteiger partial charge in [-0.3, -0.25) is 14.9 Å². The van der Waals surface area contributed by atoms with E-state index in [0.717, 1.165) is 15.4 Å². The van der Waals surface area contributed by atoms with Crippen LogP contribution < -0.4 is 0 Å². The van der Waals surface area contributed by atoms with Crippen LogP contribution in [0.4, 0.5) is 0 Å². The second-order valence-electron chi connectivity index (χ2n) is 4.62. The molecule has 0 spiro atoms. The van der Waals surface area contributed by atoms with Gasteiger partial charge >= 0.3 is 5.97 Å². The van der Waals surface area contributed by atoms with Crippen molar-refractivity contribution >= 4 is 29.1 Å². The second-order valence-corrected chi connectivity index (χ2v) is 6.51. The fourth-order valence-electron chi connectivity index (χ4n) is 2.01. The molecule has 2 aromatic rings. The molecule has 0 bridgehead atoms. The highest BCUT2D eigenvalue weighted by atomic mass is 32.2. The smallest absolute Gasteiger partial charge is 0.306 e. The molecule has 2 heterocycles. The molecule has 0 radical (unpaired) electrons. The summed E-state index contributed by atoms with van der Waals surface area (Å²) < 4.78 is 4.63. The zero-order valence-corrected chi connectivity index (χ0v) is 14.2.